The van der Waals surface area contributed by atoms with Gasteiger partial charge in [0.1, 0.15) is 11.9 Å². The van der Waals surface area contributed by atoms with Crippen LogP contribution in [0, 0.1) is 11.6 Å². The predicted molar refractivity (Wildman–Crippen MR) is 62.1 cm³/mol. The maximum absolute atomic E-state index is 13.6. The topological polar surface area (TPSA) is 21.3 Å². The highest BCUT2D eigenvalue weighted by Crippen LogP contribution is 2.40. The maximum atomic E-state index is 13.6. The van der Waals surface area contributed by atoms with E-state index >= 15 is 0 Å². The summed E-state index contributed by atoms with van der Waals surface area (Å²) in [5, 5.41) is 3.23. The van der Waals surface area contributed by atoms with Crippen molar-refractivity contribution in [2.75, 3.05) is 6.54 Å². The number of hydrogen-bond acceptors (Lipinski definition) is 2. The third kappa shape index (κ3) is 2.27. The second-order valence-corrected chi connectivity index (χ2v) is 4.29. The Morgan fingerprint density at radius 3 is 2.71 bits per heavy atom. The van der Waals surface area contributed by atoms with Gasteiger partial charge in [0.25, 0.3) is 0 Å². The molecule has 0 saturated heterocycles. The highest BCUT2D eigenvalue weighted by molar-refractivity contribution is 5.42. The molecule has 0 fully saturated rings. The molecule has 1 aliphatic rings. The summed E-state index contributed by atoms with van der Waals surface area (Å²) < 4.78 is 32.4. The summed E-state index contributed by atoms with van der Waals surface area (Å²) in [5.74, 6) is -0.956. The van der Waals surface area contributed by atoms with Gasteiger partial charge in [0, 0.05) is 11.6 Å². The molecule has 1 aromatic rings. The van der Waals surface area contributed by atoms with Gasteiger partial charge in [-0.15, -0.1) is 0 Å². The van der Waals surface area contributed by atoms with Gasteiger partial charge in [0.2, 0.25) is 0 Å². The van der Waals surface area contributed by atoms with E-state index in [-0.39, 0.29) is 17.9 Å². The van der Waals surface area contributed by atoms with Gasteiger partial charge in [-0.25, -0.2) is 8.78 Å². The average molecular weight is 241 g/mol. The Hall–Kier alpha value is -1.16. The summed E-state index contributed by atoms with van der Waals surface area (Å²) in [6.45, 7) is 4.76. The Labute approximate surface area is 100.0 Å². The lowest BCUT2D eigenvalue weighted by molar-refractivity contribution is 0.174. The lowest BCUT2D eigenvalue weighted by Gasteiger charge is -2.18. The van der Waals surface area contributed by atoms with Crippen LogP contribution in [0.1, 0.15) is 38.3 Å². The molecule has 0 aliphatic carbocycles. The van der Waals surface area contributed by atoms with Crippen molar-refractivity contribution in [1.82, 2.24) is 5.32 Å². The number of ether oxygens (including phenoxy) is 1. The number of fused-ring (bicyclic) bond motifs is 1. The summed E-state index contributed by atoms with van der Waals surface area (Å²) >= 11 is 0. The molecule has 2 rings (SSSR count). The number of nitrogens with one attached hydrogen (secondary N) is 1. The van der Waals surface area contributed by atoms with Crippen LogP contribution in [0.5, 0.6) is 5.75 Å². The van der Waals surface area contributed by atoms with E-state index in [0.717, 1.165) is 25.5 Å². The molecule has 1 N–H and O–H groups in total. The Kier molecular flexibility index (Phi) is 3.62. The third-order valence-electron chi connectivity index (χ3n) is 3.01. The molecule has 17 heavy (non-hydrogen) atoms. The standard InChI is InChI=1S/C13H17F2NO/c1-3-5-11-12(16-4-2)9-6-8(14)7-10(15)13(9)17-11/h6-7,11-12,16H,3-5H2,1-2H3. The summed E-state index contributed by atoms with van der Waals surface area (Å²) in [5.41, 5.74) is 0.600. The van der Waals surface area contributed by atoms with E-state index in [1.807, 2.05) is 13.8 Å². The van der Waals surface area contributed by atoms with Gasteiger partial charge in [-0.05, 0) is 19.0 Å². The van der Waals surface area contributed by atoms with Gasteiger partial charge >= 0.3 is 0 Å². The fourth-order valence-corrected chi connectivity index (χ4v) is 2.33. The highest BCUT2D eigenvalue weighted by atomic mass is 19.1. The van der Waals surface area contributed by atoms with Crippen molar-refractivity contribution in [2.24, 2.45) is 0 Å². The van der Waals surface area contributed by atoms with Gasteiger partial charge in [-0.1, -0.05) is 20.3 Å². The number of benzene rings is 1. The van der Waals surface area contributed by atoms with E-state index in [9.17, 15) is 8.78 Å². The molecule has 2 nitrogen and oxygen atoms in total. The van der Waals surface area contributed by atoms with Crippen LogP contribution >= 0.6 is 0 Å². The Morgan fingerprint density at radius 2 is 2.06 bits per heavy atom. The summed E-state index contributed by atoms with van der Waals surface area (Å²) in [4.78, 5) is 0. The van der Waals surface area contributed by atoms with Crippen LogP contribution < -0.4 is 10.1 Å². The first-order valence-corrected chi connectivity index (χ1v) is 6.06. The van der Waals surface area contributed by atoms with Crippen LogP contribution in [0.25, 0.3) is 0 Å². The van der Waals surface area contributed by atoms with Gasteiger partial charge < -0.3 is 10.1 Å². The fourth-order valence-electron chi connectivity index (χ4n) is 2.33. The molecule has 0 saturated carbocycles. The molecule has 0 spiro atoms. The van der Waals surface area contributed by atoms with Crippen molar-refractivity contribution in [3.05, 3.63) is 29.3 Å². The van der Waals surface area contributed by atoms with Gasteiger partial charge in [0.05, 0.1) is 6.04 Å². The van der Waals surface area contributed by atoms with E-state index < -0.39 is 11.6 Å². The van der Waals surface area contributed by atoms with Crippen LogP contribution in [0.3, 0.4) is 0 Å². The zero-order valence-electron chi connectivity index (χ0n) is 10.1. The van der Waals surface area contributed by atoms with Crippen molar-refractivity contribution in [2.45, 2.75) is 38.8 Å². The van der Waals surface area contributed by atoms with Crippen molar-refractivity contribution in [1.29, 1.82) is 0 Å². The van der Waals surface area contributed by atoms with E-state index in [1.54, 1.807) is 0 Å². The number of rotatable bonds is 4. The number of halogens is 2. The van der Waals surface area contributed by atoms with Gasteiger partial charge in [-0.3, -0.25) is 0 Å². The number of hydrogen-bond donors (Lipinski definition) is 1. The molecular weight excluding hydrogens is 224 g/mol. The minimum absolute atomic E-state index is 0.105. The van der Waals surface area contributed by atoms with Crippen molar-refractivity contribution in [3.63, 3.8) is 0 Å². The third-order valence-corrected chi connectivity index (χ3v) is 3.01. The first-order chi connectivity index (χ1) is 8.17. The molecule has 1 aromatic carbocycles. The van der Waals surface area contributed by atoms with E-state index in [1.165, 1.54) is 6.07 Å². The average Bonchev–Trinajstić information content (AvgIpc) is 2.59. The van der Waals surface area contributed by atoms with Crippen molar-refractivity contribution >= 4 is 0 Å². The molecular formula is C13H17F2NO. The highest BCUT2D eigenvalue weighted by Gasteiger charge is 2.35. The molecule has 1 aliphatic heterocycles. The second kappa shape index (κ2) is 5.00. The molecule has 0 aromatic heterocycles. The van der Waals surface area contributed by atoms with Crippen LogP contribution in [-0.4, -0.2) is 12.6 Å². The number of likely N-dealkylation sites (N-methyl/N-ethyl adjacent to an activating group) is 1. The maximum Gasteiger partial charge on any atom is 0.168 e. The Bertz CT molecular complexity index is 409. The van der Waals surface area contributed by atoms with E-state index in [2.05, 4.69) is 5.32 Å². The predicted octanol–water partition coefficient (Wildman–Crippen LogP) is 3.18. The molecule has 1 heterocycles. The Balaban J connectivity index is 2.35. The SMILES string of the molecule is CCCC1Oc2c(F)cc(F)cc2C1NCC. The zero-order chi connectivity index (χ0) is 12.4. The largest absolute Gasteiger partial charge is 0.485 e. The first kappa shape index (κ1) is 12.3. The summed E-state index contributed by atoms with van der Waals surface area (Å²) in [6.07, 6.45) is 1.67. The van der Waals surface area contributed by atoms with Crippen molar-refractivity contribution in [3.8, 4) is 5.75 Å². The smallest absolute Gasteiger partial charge is 0.168 e. The summed E-state index contributed by atoms with van der Waals surface area (Å²) in [6, 6.07) is 2.12. The molecule has 4 heteroatoms. The molecule has 0 bridgehead atoms. The first-order valence-electron chi connectivity index (χ1n) is 6.06. The molecule has 94 valence electrons. The lowest BCUT2D eigenvalue weighted by atomic mass is 10.0. The zero-order valence-corrected chi connectivity index (χ0v) is 10.1. The monoisotopic (exact) mass is 241 g/mol. The second-order valence-electron chi connectivity index (χ2n) is 4.29. The van der Waals surface area contributed by atoms with Crippen LogP contribution in [0.4, 0.5) is 8.78 Å². The van der Waals surface area contributed by atoms with Crippen LogP contribution in [-0.2, 0) is 0 Å². The minimum Gasteiger partial charge on any atom is -0.485 e. The van der Waals surface area contributed by atoms with Crippen LogP contribution in [0.15, 0.2) is 12.1 Å². The molecule has 2 atom stereocenters. The van der Waals surface area contributed by atoms with E-state index in [4.69, 9.17) is 4.74 Å². The normalized spacial score (nSPS) is 22.4. The minimum atomic E-state index is -0.610. The Morgan fingerprint density at radius 1 is 1.29 bits per heavy atom. The molecule has 2 unspecified atom stereocenters. The lowest BCUT2D eigenvalue weighted by Crippen LogP contribution is -2.30. The van der Waals surface area contributed by atoms with E-state index in [0.29, 0.717) is 5.56 Å². The fraction of sp³-hybridized carbons (Fsp3) is 0.538. The van der Waals surface area contributed by atoms with Gasteiger partial charge in [-0.2, -0.15) is 0 Å². The van der Waals surface area contributed by atoms with Gasteiger partial charge in [0.15, 0.2) is 11.6 Å². The molecule has 0 radical (unpaired) electrons. The van der Waals surface area contributed by atoms with Crippen LogP contribution in [0.2, 0.25) is 0 Å². The quantitative estimate of drug-likeness (QED) is 0.874. The summed E-state index contributed by atoms with van der Waals surface area (Å²) in [7, 11) is 0. The van der Waals surface area contributed by atoms with Crippen molar-refractivity contribution < 1.29 is 13.5 Å². The molecule has 0 amide bonds.